The molecule has 0 aliphatic rings. The summed E-state index contributed by atoms with van der Waals surface area (Å²) in [4.78, 5) is 12.9. The number of rotatable bonds is 6. The SMILES string of the molecule is Cc1ccc(-c2ncc([C@@H](F)CN)cn2)c(Oc2cc(-c3ccccn3)nn2C)c1. The molecule has 30 heavy (non-hydrogen) atoms. The summed E-state index contributed by atoms with van der Waals surface area (Å²) < 4.78 is 21.6. The van der Waals surface area contributed by atoms with E-state index in [0.717, 1.165) is 11.3 Å². The van der Waals surface area contributed by atoms with Crippen molar-refractivity contribution < 1.29 is 9.13 Å². The average molecular weight is 404 g/mol. The molecule has 0 fully saturated rings. The van der Waals surface area contributed by atoms with Gasteiger partial charge in [-0.1, -0.05) is 12.1 Å². The first-order valence-corrected chi connectivity index (χ1v) is 9.45. The van der Waals surface area contributed by atoms with E-state index in [9.17, 15) is 4.39 Å². The van der Waals surface area contributed by atoms with Crippen LogP contribution in [0.25, 0.3) is 22.8 Å². The number of halogens is 1. The van der Waals surface area contributed by atoms with Crippen molar-refractivity contribution in [2.45, 2.75) is 13.1 Å². The van der Waals surface area contributed by atoms with E-state index in [1.165, 1.54) is 12.4 Å². The Morgan fingerprint density at radius 3 is 2.57 bits per heavy atom. The second-order valence-corrected chi connectivity index (χ2v) is 6.85. The van der Waals surface area contributed by atoms with Gasteiger partial charge in [0, 0.05) is 43.8 Å². The Labute approximate surface area is 173 Å². The number of alkyl halides is 1. The molecule has 1 atom stereocenters. The zero-order chi connectivity index (χ0) is 21.1. The van der Waals surface area contributed by atoms with E-state index in [1.807, 2.05) is 49.4 Å². The van der Waals surface area contributed by atoms with Crippen LogP contribution in [0, 0.1) is 6.92 Å². The number of pyridine rings is 1. The molecule has 0 aliphatic carbocycles. The van der Waals surface area contributed by atoms with Crippen molar-refractivity contribution in [3.63, 3.8) is 0 Å². The summed E-state index contributed by atoms with van der Waals surface area (Å²) in [6.45, 7) is 1.86. The van der Waals surface area contributed by atoms with Gasteiger partial charge in [-0.15, -0.1) is 0 Å². The van der Waals surface area contributed by atoms with Gasteiger partial charge in [0.2, 0.25) is 5.88 Å². The lowest BCUT2D eigenvalue weighted by Gasteiger charge is -2.12. The highest BCUT2D eigenvalue weighted by molar-refractivity contribution is 5.66. The van der Waals surface area contributed by atoms with Crippen molar-refractivity contribution in [3.05, 3.63) is 72.2 Å². The summed E-state index contributed by atoms with van der Waals surface area (Å²) in [7, 11) is 1.80. The Kier molecular flexibility index (Phi) is 5.49. The lowest BCUT2D eigenvalue weighted by molar-refractivity contribution is 0.351. The van der Waals surface area contributed by atoms with Gasteiger partial charge in [0.15, 0.2) is 5.82 Å². The van der Waals surface area contributed by atoms with Crippen molar-refractivity contribution in [1.82, 2.24) is 24.7 Å². The number of aromatic nitrogens is 5. The number of nitrogens with two attached hydrogens (primary N) is 1. The zero-order valence-electron chi connectivity index (χ0n) is 16.7. The molecule has 152 valence electrons. The van der Waals surface area contributed by atoms with E-state index in [-0.39, 0.29) is 6.54 Å². The molecular formula is C22H21FN6O. The molecule has 4 rings (SSSR count). The van der Waals surface area contributed by atoms with Crippen LogP contribution in [0.1, 0.15) is 17.3 Å². The fourth-order valence-corrected chi connectivity index (χ4v) is 2.97. The summed E-state index contributed by atoms with van der Waals surface area (Å²) in [5.74, 6) is 1.56. The number of ether oxygens (including phenoxy) is 1. The van der Waals surface area contributed by atoms with Crippen LogP contribution in [0.15, 0.2) is 61.1 Å². The first-order chi connectivity index (χ1) is 14.5. The van der Waals surface area contributed by atoms with Gasteiger partial charge in [-0.05, 0) is 36.8 Å². The van der Waals surface area contributed by atoms with E-state index in [4.69, 9.17) is 10.5 Å². The monoisotopic (exact) mass is 404 g/mol. The molecule has 3 aromatic heterocycles. The molecule has 0 spiro atoms. The van der Waals surface area contributed by atoms with Crippen LogP contribution in [0.5, 0.6) is 11.6 Å². The van der Waals surface area contributed by atoms with Crippen LogP contribution in [-0.4, -0.2) is 31.3 Å². The highest BCUT2D eigenvalue weighted by Crippen LogP contribution is 2.34. The first-order valence-electron chi connectivity index (χ1n) is 9.45. The van der Waals surface area contributed by atoms with Crippen LogP contribution in [0.4, 0.5) is 4.39 Å². The van der Waals surface area contributed by atoms with E-state index in [1.54, 1.807) is 17.9 Å². The Hall–Kier alpha value is -3.65. The summed E-state index contributed by atoms with van der Waals surface area (Å²) in [6.07, 6.45) is 3.34. The summed E-state index contributed by atoms with van der Waals surface area (Å²) in [5.41, 5.74) is 8.90. The van der Waals surface area contributed by atoms with Crippen molar-refractivity contribution >= 4 is 0 Å². The van der Waals surface area contributed by atoms with Crippen LogP contribution in [0.3, 0.4) is 0 Å². The maximum atomic E-state index is 13.8. The first kappa shape index (κ1) is 19.7. The lowest BCUT2D eigenvalue weighted by atomic mass is 10.1. The number of benzene rings is 1. The third-order valence-corrected chi connectivity index (χ3v) is 4.60. The minimum absolute atomic E-state index is 0.110. The minimum atomic E-state index is -1.28. The van der Waals surface area contributed by atoms with Crippen molar-refractivity contribution in [2.24, 2.45) is 12.8 Å². The van der Waals surface area contributed by atoms with Gasteiger partial charge in [-0.2, -0.15) is 5.10 Å². The normalized spacial score (nSPS) is 12.0. The third kappa shape index (κ3) is 4.04. The molecule has 3 heterocycles. The Balaban J connectivity index is 1.67. The molecular weight excluding hydrogens is 383 g/mol. The maximum Gasteiger partial charge on any atom is 0.218 e. The second kappa shape index (κ2) is 8.38. The van der Waals surface area contributed by atoms with Gasteiger partial charge in [-0.25, -0.2) is 19.0 Å². The van der Waals surface area contributed by atoms with Gasteiger partial charge in [0.05, 0.1) is 11.3 Å². The maximum absolute atomic E-state index is 13.8. The van der Waals surface area contributed by atoms with Crippen molar-refractivity contribution in [1.29, 1.82) is 0 Å². The molecule has 0 saturated heterocycles. The van der Waals surface area contributed by atoms with Crippen LogP contribution >= 0.6 is 0 Å². The predicted octanol–water partition coefficient (Wildman–Crippen LogP) is 4.01. The average Bonchev–Trinajstić information content (AvgIpc) is 3.14. The van der Waals surface area contributed by atoms with Gasteiger partial charge in [0.1, 0.15) is 17.6 Å². The van der Waals surface area contributed by atoms with E-state index in [0.29, 0.717) is 34.3 Å². The molecule has 0 aliphatic heterocycles. The molecule has 7 nitrogen and oxygen atoms in total. The number of hydrogen-bond acceptors (Lipinski definition) is 6. The second-order valence-electron chi connectivity index (χ2n) is 6.85. The van der Waals surface area contributed by atoms with Crippen molar-refractivity contribution in [3.8, 4) is 34.4 Å². The highest BCUT2D eigenvalue weighted by atomic mass is 19.1. The molecule has 0 saturated carbocycles. The largest absolute Gasteiger partial charge is 0.439 e. The van der Waals surface area contributed by atoms with Crippen LogP contribution in [0.2, 0.25) is 0 Å². The summed E-state index contributed by atoms with van der Waals surface area (Å²) in [6, 6.07) is 13.2. The van der Waals surface area contributed by atoms with Crippen molar-refractivity contribution in [2.75, 3.05) is 6.54 Å². The molecule has 0 radical (unpaired) electrons. The van der Waals surface area contributed by atoms with Gasteiger partial charge >= 0.3 is 0 Å². The molecule has 0 bridgehead atoms. The molecule has 1 aromatic carbocycles. The number of aryl methyl sites for hydroxylation is 2. The molecule has 8 heteroatoms. The third-order valence-electron chi connectivity index (χ3n) is 4.60. The number of hydrogen-bond donors (Lipinski definition) is 1. The molecule has 4 aromatic rings. The molecule has 2 N–H and O–H groups in total. The van der Waals surface area contributed by atoms with E-state index < -0.39 is 6.17 Å². The Bertz CT molecular complexity index is 1140. The smallest absolute Gasteiger partial charge is 0.218 e. The standard InChI is InChI=1S/C22H21FN6O/c1-14-6-7-16(22-26-12-15(13-27-22)17(23)11-24)20(9-14)30-21-10-19(28-29(21)2)18-5-3-4-8-25-18/h3-10,12-13,17H,11,24H2,1-2H3/t17-/m0/s1. The zero-order valence-corrected chi connectivity index (χ0v) is 16.7. The van der Waals surface area contributed by atoms with Gasteiger partial charge < -0.3 is 10.5 Å². The lowest BCUT2D eigenvalue weighted by Crippen LogP contribution is -2.08. The van der Waals surface area contributed by atoms with Gasteiger partial charge in [-0.3, -0.25) is 4.98 Å². The highest BCUT2D eigenvalue weighted by Gasteiger charge is 2.16. The minimum Gasteiger partial charge on any atom is -0.439 e. The predicted molar refractivity (Wildman–Crippen MR) is 112 cm³/mol. The summed E-state index contributed by atoms with van der Waals surface area (Å²) in [5, 5.41) is 4.49. The van der Waals surface area contributed by atoms with Crippen LogP contribution in [-0.2, 0) is 7.05 Å². The molecule has 0 amide bonds. The quantitative estimate of drug-likeness (QED) is 0.522. The topological polar surface area (TPSA) is 91.7 Å². The van der Waals surface area contributed by atoms with Gasteiger partial charge in [0.25, 0.3) is 0 Å². The molecule has 0 unspecified atom stereocenters. The van der Waals surface area contributed by atoms with E-state index >= 15 is 0 Å². The van der Waals surface area contributed by atoms with Crippen LogP contribution < -0.4 is 10.5 Å². The fourth-order valence-electron chi connectivity index (χ4n) is 2.97. The van der Waals surface area contributed by atoms with E-state index in [2.05, 4.69) is 20.1 Å². The summed E-state index contributed by atoms with van der Waals surface area (Å²) >= 11 is 0. The number of nitrogens with zero attached hydrogens (tertiary/aromatic N) is 5. The Morgan fingerprint density at radius 1 is 1.07 bits per heavy atom. The fraction of sp³-hybridized carbons (Fsp3) is 0.182. The Morgan fingerprint density at radius 2 is 1.87 bits per heavy atom.